The van der Waals surface area contributed by atoms with Crippen molar-refractivity contribution >= 4 is 17.9 Å². The third-order valence-electron chi connectivity index (χ3n) is 1.82. The molecule has 0 bridgehead atoms. The van der Waals surface area contributed by atoms with Crippen LogP contribution in [0, 0.1) is 6.92 Å². The molecule has 0 saturated carbocycles. The Kier molecular flexibility index (Phi) is 4.26. The predicted octanol–water partition coefficient (Wildman–Crippen LogP) is 2.73. The second-order valence-electron chi connectivity index (χ2n) is 4.77. The van der Waals surface area contributed by atoms with Crippen LogP contribution in [0.3, 0.4) is 0 Å². The van der Waals surface area contributed by atoms with Crippen molar-refractivity contribution < 1.29 is 9.53 Å². The minimum atomic E-state index is -0.493. The molecule has 1 aromatic carbocycles. The smallest absolute Gasteiger partial charge is 0.351 e. The fraction of sp³-hybridized carbons (Fsp3) is 0.385. The van der Waals surface area contributed by atoms with Crippen LogP contribution in [0.25, 0.3) is 0 Å². The van der Waals surface area contributed by atoms with E-state index in [0.717, 1.165) is 11.9 Å². The Morgan fingerprint density at radius 2 is 1.88 bits per heavy atom. The summed E-state index contributed by atoms with van der Waals surface area (Å²) >= 11 is 0. The first-order valence-corrected chi connectivity index (χ1v) is 5.45. The van der Waals surface area contributed by atoms with E-state index in [0.29, 0.717) is 0 Å². The first kappa shape index (κ1) is 13.2. The monoisotopic (exact) mass is 234 g/mol. The van der Waals surface area contributed by atoms with Crippen molar-refractivity contribution in [2.45, 2.75) is 33.3 Å². The maximum Gasteiger partial charge on any atom is 0.351 e. The SMILES string of the molecule is Cc1ccc(N/N=C/C(=O)OC(C)(C)C)cc1. The molecule has 0 spiro atoms. The van der Waals surface area contributed by atoms with Crippen LogP contribution in [-0.2, 0) is 9.53 Å². The van der Waals surface area contributed by atoms with E-state index >= 15 is 0 Å². The maximum absolute atomic E-state index is 11.3. The molecule has 0 unspecified atom stereocenters. The summed E-state index contributed by atoms with van der Waals surface area (Å²) in [6, 6.07) is 7.71. The zero-order valence-electron chi connectivity index (χ0n) is 10.7. The third kappa shape index (κ3) is 5.70. The van der Waals surface area contributed by atoms with E-state index < -0.39 is 11.6 Å². The Bertz CT molecular complexity index is 402. The molecule has 1 aromatic rings. The number of esters is 1. The van der Waals surface area contributed by atoms with E-state index in [9.17, 15) is 4.79 Å². The van der Waals surface area contributed by atoms with Gasteiger partial charge in [-0.05, 0) is 39.8 Å². The van der Waals surface area contributed by atoms with Crippen LogP contribution < -0.4 is 5.43 Å². The average Bonchev–Trinajstić information content (AvgIpc) is 2.18. The minimum absolute atomic E-state index is 0.461. The van der Waals surface area contributed by atoms with E-state index in [2.05, 4.69) is 10.5 Å². The number of carbonyl (C=O) groups is 1. The molecule has 1 N–H and O–H groups in total. The zero-order valence-corrected chi connectivity index (χ0v) is 10.7. The summed E-state index contributed by atoms with van der Waals surface area (Å²) in [5.41, 5.74) is 4.27. The highest BCUT2D eigenvalue weighted by atomic mass is 16.6. The van der Waals surface area contributed by atoms with Crippen molar-refractivity contribution in [3.8, 4) is 0 Å². The molecule has 0 amide bonds. The van der Waals surface area contributed by atoms with Crippen molar-refractivity contribution in [3.05, 3.63) is 29.8 Å². The largest absolute Gasteiger partial charge is 0.456 e. The lowest BCUT2D eigenvalue weighted by atomic mass is 10.2. The van der Waals surface area contributed by atoms with Crippen LogP contribution in [0.4, 0.5) is 5.69 Å². The van der Waals surface area contributed by atoms with Crippen LogP contribution in [0.1, 0.15) is 26.3 Å². The summed E-state index contributed by atoms with van der Waals surface area (Å²) in [4.78, 5) is 11.3. The molecular formula is C13H18N2O2. The number of ether oxygens (including phenoxy) is 1. The van der Waals surface area contributed by atoms with Crippen LogP contribution >= 0.6 is 0 Å². The van der Waals surface area contributed by atoms with Gasteiger partial charge in [-0.25, -0.2) is 4.79 Å². The number of hydrogen-bond donors (Lipinski definition) is 1. The third-order valence-corrected chi connectivity index (χ3v) is 1.82. The van der Waals surface area contributed by atoms with Crippen LogP contribution in [0.2, 0.25) is 0 Å². The molecule has 4 nitrogen and oxygen atoms in total. The van der Waals surface area contributed by atoms with Crippen LogP contribution in [-0.4, -0.2) is 17.8 Å². The Morgan fingerprint density at radius 1 is 1.29 bits per heavy atom. The van der Waals surface area contributed by atoms with Gasteiger partial charge in [0.2, 0.25) is 0 Å². The molecule has 1 rings (SSSR count). The van der Waals surface area contributed by atoms with E-state index in [1.54, 1.807) is 0 Å². The summed E-state index contributed by atoms with van der Waals surface area (Å²) < 4.78 is 5.07. The number of hydrazone groups is 1. The highest BCUT2D eigenvalue weighted by molar-refractivity contribution is 6.23. The van der Waals surface area contributed by atoms with Gasteiger partial charge in [0, 0.05) is 0 Å². The number of benzene rings is 1. The van der Waals surface area contributed by atoms with Gasteiger partial charge in [-0.2, -0.15) is 5.10 Å². The van der Waals surface area contributed by atoms with Crippen molar-refractivity contribution in [1.29, 1.82) is 0 Å². The Balaban J connectivity index is 2.45. The van der Waals surface area contributed by atoms with Crippen LogP contribution in [0.5, 0.6) is 0 Å². The Hall–Kier alpha value is -1.84. The van der Waals surface area contributed by atoms with E-state index in [4.69, 9.17) is 4.74 Å². The molecule has 4 heteroatoms. The molecule has 0 aromatic heterocycles. The highest BCUT2D eigenvalue weighted by Gasteiger charge is 2.14. The number of carbonyl (C=O) groups excluding carboxylic acids is 1. The van der Waals surface area contributed by atoms with Gasteiger partial charge in [-0.3, -0.25) is 5.43 Å². The Morgan fingerprint density at radius 3 is 2.41 bits per heavy atom. The van der Waals surface area contributed by atoms with Gasteiger partial charge in [0.05, 0.1) is 5.69 Å². The molecule has 17 heavy (non-hydrogen) atoms. The summed E-state index contributed by atoms with van der Waals surface area (Å²) in [6.45, 7) is 7.44. The molecule has 0 saturated heterocycles. The van der Waals surface area contributed by atoms with Crippen molar-refractivity contribution in [1.82, 2.24) is 0 Å². The lowest BCUT2D eigenvalue weighted by Crippen LogP contribution is -2.24. The van der Waals surface area contributed by atoms with Crippen molar-refractivity contribution in [3.63, 3.8) is 0 Å². The van der Waals surface area contributed by atoms with Gasteiger partial charge in [-0.1, -0.05) is 17.7 Å². The number of aryl methyl sites for hydroxylation is 1. The molecular weight excluding hydrogens is 216 g/mol. The van der Waals surface area contributed by atoms with E-state index in [-0.39, 0.29) is 0 Å². The summed E-state index contributed by atoms with van der Waals surface area (Å²) in [5.74, 6) is -0.461. The molecule has 0 heterocycles. The maximum atomic E-state index is 11.3. The van der Waals surface area contributed by atoms with Crippen molar-refractivity contribution in [2.75, 3.05) is 5.43 Å². The quantitative estimate of drug-likeness (QED) is 0.497. The first-order chi connectivity index (χ1) is 7.87. The summed E-state index contributed by atoms with van der Waals surface area (Å²) in [5, 5.41) is 3.81. The number of nitrogens with one attached hydrogen (secondary N) is 1. The number of anilines is 1. The fourth-order valence-corrected chi connectivity index (χ4v) is 1.12. The standard InChI is InChI=1S/C13H18N2O2/c1-10-5-7-11(8-6-10)15-14-9-12(16)17-13(2,3)4/h5-9,15H,1-4H3/b14-9+. The van der Waals surface area contributed by atoms with Crippen molar-refractivity contribution in [2.24, 2.45) is 5.10 Å². The second-order valence-corrected chi connectivity index (χ2v) is 4.77. The lowest BCUT2D eigenvalue weighted by molar-refractivity contribution is -0.145. The molecule has 92 valence electrons. The molecule has 0 aliphatic carbocycles. The molecule has 0 radical (unpaired) electrons. The number of rotatable bonds is 3. The van der Waals surface area contributed by atoms with E-state index in [1.165, 1.54) is 5.56 Å². The summed E-state index contributed by atoms with van der Waals surface area (Å²) in [7, 11) is 0. The summed E-state index contributed by atoms with van der Waals surface area (Å²) in [6.07, 6.45) is 1.13. The average molecular weight is 234 g/mol. The van der Waals surface area contributed by atoms with Gasteiger partial charge in [0.1, 0.15) is 11.8 Å². The highest BCUT2D eigenvalue weighted by Crippen LogP contribution is 2.08. The number of hydrogen-bond acceptors (Lipinski definition) is 4. The van der Waals surface area contributed by atoms with E-state index in [1.807, 2.05) is 52.0 Å². The molecule has 0 fully saturated rings. The fourth-order valence-electron chi connectivity index (χ4n) is 1.12. The molecule has 0 aliphatic heterocycles. The Labute approximate surface area is 102 Å². The van der Waals surface area contributed by atoms with Gasteiger partial charge < -0.3 is 4.74 Å². The van der Waals surface area contributed by atoms with Gasteiger partial charge in [0.25, 0.3) is 0 Å². The normalized spacial score (nSPS) is 11.5. The lowest BCUT2D eigenvalue weighted by Gasteiger charge is -2.17. The molecule has 0 aliphatic rings. The zero-order chi connectivity index (χ0) is 12.9. The minimum Gasteiger partial charge on any atom is -0.456 e. The van der Waals surface area contributed by atoms with Gasteiger partial charge >= 0.3 is 5.97 Å². The van der Waals surface area contributed by atoms with Gasteiger partial charge in [-0.15, -0.1) is 0 Å². The van der Waals surface area contributed by atoms with Gasteiger partial charge in [0.15, 0.2) is 0 Å². The predicted molar refractivity (Wildman–Crippen MR) is 69.1 cm³/mol. The second kappa shape index (κ2) is 5.48. The number of nitrogens with zero attached hydrogens (tertiary/aromatic N) is 1. The van der Waals surface area contributed by atoms with Crippen LogP contribution in [0.15, 0.2) is 29.4 Å². The topological polar surface area (TPSA) is 50.7 Å². The molecule has 0 atom stereocenters. The first-order valence-electron chi connectivity index (χ1n) is 5.45.